The molecule has 35 heavy (non-hydrogen) atoms. The van der Waals surface area contributed by atoms with Crippen LogP contribution >= 0.6 is 0 Å². The molecule has 4 rings (SSSR count). The molecule has 176 valence electrons. The van der Waals surface area contributed by atoms with Gasteiger partial charge in [-0.2, -0.15) is 0 Å². The first-order chi connectivity index (χ1) is 17.0. The highest BCUT2D eigenvalue weighted by atomic mass is 32.2. The Morgan fingerprint density at radius 2 is 1.40 bits per heavy atom. The SMILES string of the molecule is COc1ccccc1N=C(N/C(=C\c1ccccc1)S(=O)(=O)c1ccccc1)c1ccc(C)cc1. The summed E-state index contributed by atoms with van der Waals surface area (Å²) in [5.41, 5.74) is 3.15. The number of sulfone groups is 1. The van der Waals surface area contributed by atoms with Gasteiger partial charge in [-0.1, -0.05) is 90.5 Å². The Labute approximate surface area is 206 Å². The third-order valence-electron chi connectivity index (χ3n) is 5.32. The van der Waals surface area contributed by atoms with Crippen molar-refractivity contribution in [3.05, 3.63) is 131 Å². The maximum Gasteiger partial charge on any atom is 0.221 e. The number of ether oxygens (including phenoxy) is 1. The zero-order valence-corrected chi connectivity index (χ0v) is 20.4. The molecule has 0 aromatic heterocycles. The van der Waals surface area contributed by atoms with E-state index in [1.165, 1.54) is 0 Å². The van der Waals surface area contributed by atoms with Crippen molar-refractivity contribution in [2.24, 2.45) is 4.99 Å². The van der Waals surface area contributed by atoms with Gasteiger partial charge in [0.15, 0.2) is 0 Å². The Bertz CT molecular complexity index is 1450. The van der Waals surface area contributed by atoms with E-state index in [0.29, 0.717) is 17.3 Å². The van der Waals surface area contributed by atoms with Crippen LogP contribution in [0.2, 0.25) is 0 Å². The van der Waals surface area contributed by atoms with Gasteiger partial charge in [0.05, 0.1) is 12.0 Å². The smallest absolute Gasteiger partial charge is 0.221 e. The molecule has 0 amide bonds. The number of hydrogen-bond acceptors (Lipinski definition) is 4. The molecule has 0 radical (unpaired) electrons. The van der Waals surface area contributed by atoms with Gasteiger partial charge in [-0.05, 0) is 42.8 Å². The van der Waals surface area contributed by atoms with Gasteiger partial charge >= 0.3 is 0 Å². The average Bonchev–Trinajstić information content (AvgIpc) is 2.89. The van der Waals surface area contributed by atoms with Gasteiger partial charge < -0.3 is 10.1 Å². The van der Waals surface area contributed by atoms with Gasteiger partial charge in [0.25, 0.3) is 0 Å². The first-order valence-corrected chi connectivity index (χ1v) is 12.6. The Morgan fingerprint density at radius 3 is 2.06 bits per heavy atom. The van der Waals surface area contributed by atoms with E-state index in [9.17, 15) is 8.42 Å². The van der Waals surface area contributed by atoms with Crippen LogP contribution in [0.4, 0.5) is 5.69 Å². The summed E-state index contributed by atoms with van der Waals surface area (Å²) in [5, 5.41) is 3.16. The van der Waals surface area contributed by atoms with Crippen molar-refractivity contribution >= 4 is 27.4 Å². The fourth-order valence-corrected chi connectivity index (χ4v) is 4.74. The summed E-state index contributed by atoms with van der Waals surface area (Å²) in [6.45, 7) is 1.99. The molecule has 0 heterocycles. The zero-order valence-electron chi connectivity index (χ0n) is 19.5. The molecule has 4 aromatic carbocycles. The van der Waals surface area contributed by atoms with Gasteiger partial charge in [-0.3, -0.25) is 0 Å². The van der Waals surface area contributed by atoms with E-state index in [0.717, 1.165) is 16.7 Å². The predicted octanol–water partition coefficient (Wildman–Crippen LogP) is 6.14. The number of para-hydroxylation sites is 2. The third kappa shape index (κ3) is 5.86. The van der Waals surface area contributed by atoms with Gasteiger partial charge in [0, 0.05) is 5.56 Å². The minimum atomic E-state index is -3.88. The van der Waals surface area contributed by atoms with Crippen LogP contribution in [0, 0.1) is 6.92 Å². The highest BCUT2D eigenvalue weighted by molar-refractivity contribution is 7.95. The van der Waals surface area contributed by atoms with E-state index in [4.69, 9.17) is 9.73 Å². The minimum Gasteiger partial charge on any atom is -0.494 e. The summed E-state index contributed by atoms with van der Waals surface area (Å²) in [6, 6.07) is 32.8. The standard InChI is InChI=1S/C29H26N2O3S/c1-22-17-19-24(20-18-22)29(30-26-15-9-10-16-27(26)34-2)31-28(21-23-11-5-3-6-12-23)35(32,33)25-13-7-4-8-14-25/h3-21H,1-2H3,(H,30,31)/b28-21+. The first kappa shape index (κ1) is 24.0. The lowest BCUT2D eigenvalue weighted by Crippen LogP contribution is -2.28. The van der Waals surface area contributed by atoms with E-state index in [1.54, 1.807) is 43.5 Å². The summed E-state index contributed by atoms with van der Waals surface area (Å²) in [5.74, 6) is 0.967. The van der Waals surface area contributed by atoms with Crippen molar-refractivity contribution in [2.75, 3.05) is 7.11 Å². The van der Waals surface area contributed by atoms with E-state index in [-0.39, 0.29) is 9.92 Å². The fourth-order valence-electron chi connectivity index (χ4n) is 3.44. The monoisotopic (exact) mass is 482 g/mol. The molecule has 0 saturated heterocycles. The molecular formula is C29H26N2O3S. The Kier molecular flexibility index (Phi) is 7.43. The van der Waals surface area contributed by atoms with Crippen LogP contribution in [0.5, 0.6) is 5.75 Å². The normalized spacial score (nSPS) is 12.3. The molecule has 4 aromatic rings. The van der Waals surface area contributed by atoms with Gasteiger partial charge in [-0.25, -0.2) is 13.4 Å². The summed E-state index contributed by atoms with van der Waals surface area (Å²) in [7, 11) is -2.30. The van der Waals surface area contributed by atoms with Crippen LogP contribution in [0.1, 0.15) is 16.7 Å². The van der Waals surface area contributed by atoms with Crippen molar-refractivity contribution in [1.82, 2.24) is 5.32 Å². The van der Waals surface area contributed by atoms with Gasteiger partial charge in [0.2, 0.25) is 9.84 Å². The maximum atomic E-state index is 13.7. The van der Waals surface area contributed by atoms with E-state index in [2.05, 4.69) is 5.32 Å². The molecule has 0 unspecified atom stereocenters. The van der Waals surface area contributed by atoms with E-state index in [1.807, 2.05) is 85.8 Å². The van der Waals surface area contributed by atoms with Crippen LogP contribution in [-0.4, -0.2) is 21.4 Å². The van der Waals surface area contributed by atoms with Crippen molar-refractivity contribution in [3.8, 4) is 5.75 Å². The number of rotatable bonds is 7. The molecule has 0 bridgehead atoms. The van der Waals surface area contributed by atoms with Crippen molar-refractivity contribution < 1.29 is 13.2 Å². The summed E-state index contributed by atoms with van der Waals surface area (Å²) in [6.07, 6.45) is 1.62. The Balaban J connectivity index is 1.88. The van der Waals surface area contributed by atoms with Crippen LogP contribution in [0.25, 0.3) is 6.08 Å². The Morgan fingerprint density at radius 1 is 0.800 bits per heavy atom. The highest BCUT2D eigenvalue weighted by Gasteiger charge is 2.23. The zero-order chi connectivity index (χ0) is 24.7. The fraction of sp³-hybridized carbons (Fsp3) is 0.0690. The first-order valence-electron chi connectivity index (χ1n) is 11.1. The number of nitrogens with zero attached hydrogens (tertiary/aromatic N) is 1. The number of nitrogens with one attached hydrogen (secondary N) is 1. The maximum absolute atomic E-state index is 13.7. The quantitative estimate of drug-likeness (QED) is 0.254. The largest absolute Gasteiger partial charge is 0.494 e. The summed E-state index contributed by atoms with van der Waals surface area (Å²) < 4.78 is 32.9. The molecule has 0 atom stereocenters. The molecule has 0 saturated carbocycles. The molecule has 1 N–H and O–H groups in total. The molecule has 0 fully saturated rings. The van der Waals surface area contributed by atoms with Crippen LogP contribution in [0.3, 0.4) is 0 Å². The second kappa shape index (κ2) is 10.8. The Hall–Kier alpha value is -4.16. The summed E-state index contributed by atoms with van der Waals surface area (Å²) in [4.78, 5) is 4.98. The van der Waals surface area contributed by atoms with Crippen molar-refractivity contribution in [3.63, 3.8) is 0 Å². The average molecular weight is 483 g/mol. The minimum absolute atomic E-state index is 0.0177. The number of methoxy groups -OCH3 is 1. The lowest BCUT2D eigenvalue weighted by Gasteiger charge is -2.16. The van der Waals surface area contributed by atoms with Crippen molar-refractivity contribution in [2.45, 2.75) is 11.8 Å². The van der Waals surface area contributed by atoms with E-state index >= 15 is 0 Å². The van der Waals surface area contributed by atoms with Gasteiger partial charge in [0.1, 0.15) is 22.3 Å². The molecule has 5 nitrogen and oxygen atoms in total. The molecular weight excluding hydrogens is 456 g/mol. The number of benzene rings is 4. The molecule has 0 aliphatic heterocycles. The van der Waals surface area contributed by atoms with Crippen LogP contribution < -0.4 is 10.1 Å². The molecule has 0 aliphatic carbocycles. The lowest BCUT2D eigenvalue weighted by atomic mass is 10.1. The van der Waals surface area contributed by atoms with Crippen molar-refractivity contribution in [1.29, 1.82) is 0 Å². The molecule has 0 spiro atoms. The molecule has 6 heteroatoms. The second-order valence-corrected chi connectivity index (χ2v) is 9.78. The summed E-state index contributed by atoms with van der Waals surface area (Å²) >= 11 is 0. The topological polar surface area (TPSA) is 67.8 Å². The predicted molar refractivity (Wildman–Crippen MR) is 142 cm³/mol. The number of aryl methyl sites for hydroxylation is 1. The lowest BCUT2D eigenvalue weighted by molar-refractivity contribution is 0.416. The highest BCUT2D eigenvalue weighted by Crippen LogP contribution is 2.28. The third-order valence-corrected chi connectivity index (χ3v) is 7.02. The van der Waals surface area contributed by atoms with E-state index < -0.39 is 9.84 Å². The number of amidine groups is 1. The van der Waals surface area contributed by atoms with Gasteiger partial charge in [-0.15, -0.1) is 0 Å². The van der Waals surface area contributed by atoms with Crippen LogP contribution in [0.15, 0.2) is 124 Å². The van der Waals surface area contributed by atoms with Crippen LogP contribution in [-0.2, 0) is 9.84 Å². The number of hydrogen-bond donors (Lipinski definition) is 1. The molecule has 0 aliphatic rings. The second-order valence-electron chi connectivity index (χ2n) is 7.86. The number of aliphatic imine (C=N–C) groups is 1.